The van der Waals surface area contributed by atoms with Gasteiger partial charge in [0.2, 0.25) is 17.2 Å². The number of amides is 3. The van der Waals surface area contributed by atoms with Gasteiger partial charge < -0.3 is 29.9 Å². The third-order valence-corrected chi connectivity index (χ3v) is 9.76. The van der Waals surface area contributed by atoms with Gasteiger partial charge in [0.25, 0.3) is 5.91 Å². The van der Waals surface area contributed by atoms with Gasteiger partial charge in [0.1, 0.15) is 34.8 Å². The molecule has 11 nitrogen and oxygen atoms in total. The van der Waals surface area contributed by atoms with E-state index >= 15 is 0 Å². The maximum absolute atomic E-state index is 13.7. The number of fused-ring (bicyclic) bond motifs is 1. The molecule has 0 saturated carbocycles. The van der Waals surface area contributed by atoms with Crippen LogP contribution in [-0.4, -0.2) is 67.6 Å². The number of carboxylic acids is 1. The van der Waals surface area contributed by atoms with Crippen molar-refractivity contribution >= 4 is 46.4 Å². The van der Waals surface area contributed by atoms with Crippen LogP contribution in [0.1, 0.15) is 47.8 Å². The SMILES string of the molecule is COc1cc2c3c(c1)c(=O)c(C(=O)NC(C(=O)NC1C(=O)N4C1SC(C)(C)C4C(=O)O)c1ccccc1)cn3CCC2. The van der Waals surface area contributed by atoms with Crippen LogP contribution in [0.15, 0.2) is 53.5 Å². The Hall–Kier alpha value is -4.32. The predicted molar refractivity (Wildman–Crippen MR) is 155 cm³/mol. The van der Waals surface area contributed by atoms with Crippen LogP contribution in [0.2, 0.25) is 0 Å². The molecule has 3 aromatic rings. The highest BCUT2D eigenvalue weighted by Crippen LogP contribution is 2.50. The number of nitrogens with zero attached hydrogens (tertiary/aromatic N) is 2. The minimum absolute atomic E-state index is 0.111. The number of nitrogens with one attached hydrogen (secondary N) is 2. The lowest BCUT2D eigenvalue weighted by Gasteiger charge is -2.44. The zero-order valence-electron chi connectivity index (χ0n) is 23.2. The maximum Gasteiger partial charge on any atom is 0.327 e. The highest BCUT2D eigenvalue weighted by Gasteiger charge is 2.64. The lowest BCUT2D eigenvalue weighted by Crippen LogP contribution is -2.71. The Morgan fingerprint density at radius 1 is 1.14 bits per heavy atom. The molecule has 1 aromatic heterocycles. The monoisotopic (exact) mass is 590 g/mol. The molecule has 0 radical (unpaired) electrons. The Balaban J connectivity index is 1.30. The number of hydrogen-bond acceptors (Lipinski definition) is 7. The first-order chi connectivity index (χ1) is 20.0. The third kappa shape index (κ3) is 4.41. The Bertz CT molecular complexity index is 1700. The van der Waals surface area contributed by atoms with E-state index in [0.29, 0.717) is 23.2 Å². The van der Waals surface area contributed by atoms with Crippen LogP contribution in [0.3, 0.4) is 0 Å². The summed E-state index contributed by atoms with van der Waals surface area (Å²) in [6.45, 7) is 4.13. The second-order valence-corrected chi connectivity index (χ2v) is 13.0. The molecule has 0 bridgehead atoms. The molecule has 2 saturated heterocycles. The summed E-state index contributed by atoms with van der Waals surface area (Å²) in [4.78, 5) is 67.1. The van der Waals surface area contributed by atoms with Gasteiger partial charge in [-0.2, -0.15) is 0 Å². The zero-order chi connectivity index (χ0) is 29.9. The lowest BCUT2D eigenvalue weighted by atomic mass is 9.95. The summed E-state index contributed by atoms with van der Waals surface area (Å²) in [6, 6.07) is 8.88. The van der Waals surface area contributed by atoms with E-state index in [2.05, 4.69) is 10.6 Å². The van der Waals surface area contributed by atoms with Crippen molar-refractivity contribution in [2.45, 2.75) is 61.5 Å². The molecule has 2 aromatic carbocycles. The van der Waals surface area contributed by atoms with E-state index in [1.165, 1.54) is 30.0 Å². The molecule has 0 aliphatic carbocycles. The number of carbonyl (C=O) groups excluding carboxylic acids is 3. The third-order valence-electron chi connectivity index (χ3n) is 8.19. The van der Waals surface area contributed by atoms with Crippen LogP contribution in [0.5, 0.6) is 5.75 Å². The highest BCUT2D eigenvalue weighted by atomic mass is 32.2. The number of rotatable bonds is 7. The van der Waals surface area contributed by atoms with Crippen LogP contribution in [0.25, 0.3) is 10.9 Å². The number of carboxylic acid groups (broad SMARTS) is 1. The molecule has 3 aliphatic heterocycles. The summed E-state index contributed by atoms with van der Waals surface area (Å²) in [6.07, 6.45) is 3.15. The summed E-state index contributed by atoms with van der Waals surface area (Å²) >= 11 is 1.31. The molecular weight excluding hydrogens is 560 g/mol. The van der Waals surface area contributed by atoms with E-state index in [9.17, 15) is 29.1 Å². The number of aliphatic carboxylic acids is 1. The van der Waals surface area contributed by atoms with E-state index in [1.807, 2.05) is 10.6 Å². The summed E-state index contributed by atoms with van der Waals surface area (Å²) in [5.41, 5.74) is 1.62. The Morgan fingerprint density at radius 2 is 1.88 bits per heavy atom. The van der Waals surface area contributed by atoms with Crippen molar-refractivity contribution in [1.29, 1.82) is 0 Å². The fraction of sp³-hybridized carbons (Fsp3) is 0.367. The molecule has 12 heteroatoms. The fourth-order valence-electron chi connectivity index (χ4n) is 6.22. The highest BCUT2D eigenvalue weighted by molar-refractivity contribution is 8.01. The number of carbonyl (C=O) groups is 4. The van der Waals surface area contributed by atoms with Crippen molar-refractivity contribution in [1.82, 2.24) is 20.1 Å². The van der Waals surface area contributed by atoms with Gasteiger partial charge in [-0.3, -0.25) is 19.2 Å². The van der Waals surface area contributed by atoms with Gasteiger partial charge in [-0.05, 0) is 49.9 Å². The second-order valence-electron chi connectivity index (χ2n) is 11.3. The number of thioether (sulfide) groups is 1. The molecule has 4 heterocycles. The molecule has 4 atom stereocenters. The summed E-state index contributed by atoms with van der Waals surface area (Å²) < 4.78 is 6.53. The molecule has 3 aliphatic rings. The average Bonchev–Trinajstić information content (AvgIpc) is 3.23. The molecule has 2 fully saturated rings. The van der Waals surface area contributed by atoms with Crippen molar-refractivity contribution in [3.8, 4) is 5.75 Å². The molecule has 0 spiro atoms. The summed E-state index contributed by atoms with van der Waals surface area (Å²) in [5, 5.41) is 15.0. The maximum atomic E-state index is 13.7. The molecule has 42 heavy (non-hydrogen) atoms. The first kappa shape index (κ1) is 27.8. The van der Waals surface area contributed by atoms with Crippen LogP contribution >= 0.6 is 11.8 Å². The molecule has 3 N–H and O–H groups in total. The molecule has 3 amide bonds. The normalized spacial score (nSPS) is 22.6. The summed E-state index contributed by atoms with van der Waals surface area (Å²) in [7, 11) is 1.52. The van der Waals surface area contributed by atoms with E-state index in [4.69, 9.17) is 4.74 Å². The van der Waals surface area contributed by atoms with Gasteiger partial charge in [-0.15, -0.1) is 11.8 Å². The van der Waals surface area contributed by atoms with Gasteiger partial charge in [-0.1, -0.05) is 30.3 Å². The number of pyridine rings is 1. The van der Waals surface area contributed by atoms with Gasteiger partial charge in [0, 0.05) is 17.5 Å². The number of β-lactam (4-membered cyclic amide) rings is 1. The van der Waals surface area contributed by atoms with Crippen LogP contribution in [0.4, 0.5) is 0 Å². The van der Waals surface area contributed by atoms with Gasteiger partial charge >= 0.3 is 5.97 Å². The summed E-state index contributed by atoms with van der Waals surface area (Å²) in [5.74, 6) is -2.44. The Labute approximate surface area is 245 Å². The fourth-order valence-corrected chi connectivity index (χ4v) is 7.85. The smallest absolute Gasteiger partial charge is 0.327 e. The van der Waals surface area contributed by atoms with Crippen LogP contribution in [-0.2, 0) is 27.3 Å². The van der Waals surface area contributed by atoms with Crippen molar-refractivity contribution in [3.63, 3.8) is 0 Å². The van der Waals surface area contributed by atoms with E-state index in [0.717, 1.165) is 23.9 Å². The van der Waals surface area contributed by atoms with Crippen LogP contribution in [0, 0.1) is 0 Å². The molecule has 6 rings (SSSR count). The van der Waals surface area contributed by atoms with Crippen LogP contribution < -0.4 is 20.8 Å². The predicted octanol–water partition coefficient (Wildman–Crippen LogP) is 2.06. The van der Waals surface area contributed by atoms with Crippen molar-refractivity contribution in [2.75, 3.05) is 7.11 Å². The number of aryl methyl sites for hydroxylation is 2. The Morgan fingerprint density at radius 3 is 2.57 bits per heavy atom. The van der Waals surface area contributed by atoms with Crippen molar-refractivity contribution in [2.24, 2.45) is 0 Å². The number of benzene rings is 2. The minimum Gasteiger partial charge on any atom is -0.497 e. The van der Waals surface area contributed by atoms with Crippen molar-refractivity contribution in [3.05, 3.63) is 75.6 Å². The zero-order valence-corrected chi connectivity index (χ0v) is 24.1. The molecular formula is C30H30N4O7S. The topological polar surface area (TPSA) is 147 Å². The number of hydrogen-bond donors (Lipinski definition) is 3. The first-order valence-electron chi connectivity index (χ1n) is 13.6. The average molecular weight is 591 g/mol. The Kier molecular flexibility index (Phi) is 6.76. The number of methoxy groups -OCH3 is 1. The van der Waals surface area contributed by atoms with Gasteiger partial charge in [0.15, 0.2) is 0 Å². The van der Waals surface area contributed by atoms with Gasteiger partial charge in [-0.25, -0.2) is 4.79 Å². The first-order valence-corrected chi connectivity index (χ1v) is 14.5. The quantitative estimate of drug-likeness (QED) is 0.355. The van der Waals surface area contributed by atoms with Crippen molar-refractivity contribution < 1.29 is 29.0 Å². The second kappa shape index (κ2) is 10.2. The molecule has 218 valence electrons. The van der Waals surface area contributed by atoms with Gasteiger partial charge in [0.05, 0.1) is 18.0 Å². The lowest BCUT2D eigenvalue weighted by molar-refractivity contribution is -0.161. The largest absolute Gasteiger partial charge is 0.497 e. The molecule has 4 unspecified atom stereocenters. The number of aromatic nitrogens is 1. The van der Waals surface area contributed by atoms with E-state index in [-0.39, 0.29) is 5.56 Å². The number of ether oxygens (including phenoxy) is 1. The minimum atomic E-state index is -1.22. The standard InChI is InChI=1S/C30H30N4O7S/c1-30(2)24(29(39)40)34-27(38)21(28(34)42-30)32-26(37)20(15-8-5-4-6-9-15)31-25(36)19-14-33-11-7-10-16-12-17(41-3)13-18(22(16)33)23(19)35/h4-6,8-9,12-14,20-21,24,28H,7,10-11H2,1-3H3,(H,31,36)(H,32,37)(H,39,40). The van der Waals surface area contributed by atoms with E-state index in [1.54, 1.807) is 50.2 Å². The van der Waals surface area contributed by atoms with E-state index < -0.39 is 57.4 Å².